The Morgan fingerprint density at radius 1 is 1.17 bits per heavy atom. The lowest BCUT2D eigenvalue weighted by molar-refractivity contribution is -0.385. The summed E-state index contributed by atoms with van der Waals surface area (Å²) in [5.74, 6) is 0.610. The minimum atomic E-state index is -3.92. The number of nitro groups is 1. The van der Waals surface area contributed by atoms with Crippen molar-refractivity contribution in [3.63, 3.8) is 0 Å². The van der Waals surface area contributed by atoms with Crippen molar-refractivity contribution < 1.29 is 18.1 Å². The summed E-state index contributed by atoms with van der Waals surface area (Å²) in [5, 5.41) is 11.0. The third-order valence-electron chi connectivity index (χ3n) is 3.60. The fourth-order valence-corrected chi connectivity index (χ4v) is 4.06. The first-order valence-corrected chi connectivity index (χ1v) is 8.67. The molecule has 0 saturated heterocycles. The van der Waals surface area contributed by atoms with Crippen LogP contribution in [0.25, 0.3) is 0 Å². The SMILES string of the molecule is CCN(c1ccc(OC)cc1)S(=O)(=O)c1cc([N+](=O)[O-])ccc1C. The maximum absolute atomic E-state index is 13.0. The Bertz CT molecular complexity index is 847. The number of nitro benzene ring substituents is 1. The molecule has 0 fully saturated rings. The molecule has 0 aliphatic heterocycles. The smallest absolute Gasteiger partial charge is 0.270 e. The molecule has 0 N–H and O–H groups in total. The van der Waals surface area contributed by atoms with E-state index in [1.807, 2.05) is 0 Å². The van der Waals surface area contributed by atoms with Gasteiger partial charge in [0.05, 0.1) is 22.6 Å². The second-order valence-corrected chi connectivity index (χ2v) is 6.91. The van der Waals surface area contributed by atoms with Gasteiger partial charge in [0.2, 0.25) is 0 Å². The average molecular weight is 350 g/mol. The molecule has 0 atom stereocenters. The lowest BCUT2D eigenvalue weighted by Crippen LogP contribution is -2.31. The third kappa shape index (κ3) is 3.33. The molecular weight excluding hydrogens is 332 g/mol. The van der Waals surface area contributed by atoms with E-state index in [9.17, 15) is 18.5 Å². The number of hydrogen-bond acceptors (Lipinski definition) is 5. The zero-order valence-corrected chi connectivity index (χ0v) is 14.4. The van der Waals surface area contributed by atoms with E-state index in [-0.39, 0.29) is 17.1 Å². The van der Waals surface area contributed by atoms with Crippen LogP contribution in [0.5, 0.6) is 5.75 Å². The molecule has 2 aromatic carbocycles. The standard InChI is InChI=1S/C16H18N2O5S/c1-4-17(13-7-9-15(23-3)10-8-13)24(21,22)16-11-14(18(19)20)6-5-12(16)2/h5-11H,4H2,1-3H3. The van der Waals surface area contributed by atoms with Crippen LogP contribution in [0.4, 0.5) is 11.4 Å². The Hall–Kier alpha value is -2.61. The van der Waals surface area contributed by atoms with Gasteiger partial charge >= 0.3 is 0 Å². The summed E-state index contributed by atoms with van der Waals surface area (Å²) in [5.41, 5.74) is 0.654. The van der Waals surface area contributed by atoms with Crippen LogP contribution in [0, 0.1) is 17.0 Å². The molecule has 2 rings (SSSR count). The second kappa shape index (κ2) is 6.88. The van der Waals surface area contributed by atoms with E-state index in [0.29, 0.717) is 17.0 Å². The van der Waals surface area contributed by atoms with Gasteiger partial charge in [0.1, 0.15) is 5.75 Å². The monoisotopic (exact) mass is 350 g/mol. The van der Waals surface area contributed by atoms with Gasteiger partial charge in [-0.25, -0.2) is 8.42 Å². The highest BCUT2D eigenvalue weighted by molar-refractivity contribution is 7.92. The minimum absolute atomic E-state index is 0.0747. The van der Waals surface area contributed by atoms with Crippen LogP contribution in [0.3, 0.4) is 0 Å². The van der Waals surface area contributed by atoms with E-state index >= 15 is 0 Å². The molecule has 0 bridgehead atoms. The molecule has 2 aromatic rings. The van der Waals surface area contributed by atoms with E-state index < -0.39 is 14.9 Å². The first kappa shape index (κ1) is 17.7. The van der Waals surface area contributed by atoms with E-state index in [1.165, 1.54) is 23.5 Å². The number of sulfonamides is 1. The highest BCUT2D eigenvalue weighted by Gasteiger charge is 2.27. The van der Waals surface area contributed by atoms with Gasteiger partial charge in [-0.3, -0.25) is 14.4 Å². The van der Waals surface area contributed by atoms with Crippen LogP contribution in [0.15, 0.2) is 47.4 Å². The zero-order chi connectivity index (χ0) is 17.9. The van der Waals surface area contributed by atoms with Crippen LogP contribution in [-0.2, 0) is 10.0 Å². The van der Waals surface area contributed by atoms with E-state index in [4.69, 9.17) is 4.74 Å². The number of methoxy groups -OCH3 is 1. The van der Waals surface area contributed by atoms with Crippen LogP contribution >= 0.6 is 0 Å². The number of hydrogen-bond donors (Lipinski definition) is 0. The number of rotatable bonds is 6. The highest BCUT2D eigenvalue weighted by Crippen LogP contribution is 2.29. The Balaban J connectivity index is 2.54. The predicted octanol–water partition coefficient (Wildman–Crippen LogP) is 3.13. The molecule has 0 aromatic heterocycles. The number of benzene rings is 2. The number of nitrogens with zero attached hydrogens (tertiary/aromatic N) is 2. The summed E-state index contributed by atoms with van der Waals surface area (Å²) in [4.78, 5) is 10.3. The first-order valence-electron chi connectivity index (χ1n) is 7.23. The quantitative estimate of drug-likeness (QED) is 0.590. The van der Waals surface area contributed by atoms with Gasteiger partial charge < -0.3 is 4.74 Å². The van der Waals surface area contributed by atoms with Crippen molar-refractivity contribution in [3.05, 3.63) is 58.1 Å². The molecule has 7 nitrogen and oxygen atoms in total. The minimum Gasteiger partial charge on any atom is -0.497 e. The normalized spacial score (nSPS) is 11.1. The molecule has 128 valence electrons. The molecular formula is C16H18N2O5S. The fraction of sp³-hybridized carbons (Fsp3) is 0.250. The predicted molar refractivity (Wildman–Crippen MR) is 91.0 cm³/mol. The molecule has 0 aliphatic carbocycles. The number of aryl methyl sites for hydroxylation is 1. The molecule has 0 radical (unpaired) electrons. The van der Waals surface area contributed by atoms with Crippen molar-refractivity contribution in [1.29, 1.82) is 0 Å². The van der Waals surface area contributed by atoms with Crippen molar-refractivity contribution in [2.24, 2.45) is 0 Å². The van der Waals surface area contributed by atoms with Crippen LogP contribution in [0.1, 0.15) is 12.5 Å². The molecule has 0 spiro atoms. The van der Waals surface area contributed by atoms with Gasteiger partial charge in [-0.2, -0.15) is 0 Å². The van der Waals surface area contributed by atoms with Crippen molar-refractivity contribution >= 4 is 21.4 Å². The van der Waals surface area contributed by atoms with Crippen molar-refractivity contribution in [2.45, 2.75) is 18.7 Å². The van der Waals surface area contributed by atoms with Gasteiger partial charge in [0.15, 0.2) is 0 Å². The van der Waals surface area contributed by atoms with E-state index in [0.717, 1.165) is 6.07 Å². The summed E-state index contributed by atoms with van der Waals surface area (Å²) >= 11 is 0. The molecule has 0 heterocycles. The van der Waals surface area contributed by atoms with Gasteiger partial charge in [-0.15, -0.1) is 0 Å². The van der Waals surface area contributed by atoms with Crippen molar-refractivity contribution in [1.82, 2.24) is 0 Å². The number of non-ortho nitro benzene ring substituents is 1. The number of ether oxygens (including phenoxy) is 1. The Morgan fingerprint density at radius 2 is 1.79 bits per heavy atom. The lowest BCUT2D eigenvalue weighted by Gasteiger charge is -2.24. The maximum atomic E-state index is 13.0. The van der Waals surface area contributed by atoms with E-state index in [1.54, 1.807) is 38.1 Å². The fourth-order valence-electron chi connectivity index (χ4n) is 2.34. The molecule has 0 saturated carbocycles. The summed E-state index contributed by atoms with van der Waals surface area (Å²) < 4.78 is 32.3. The summed E-state index contributed by atoms with van der Waals surface area (Å²) in [6.07, 6.45) is 0. The molecule has 0 amide bonds. The molecule has 24 heavy (non-hydrogen) atoms. The highest BCUT2D eigenvalue weighted by atomic mass is 32.2. The van der Waals surface area contributed by atoms with Crippen LogP contribution < -0.4 is 9.04 Å². The second-order valence-electron chi connectivity index (χ2n) is 5.07. The van der Waals surface area contributed by atoms with Gasteiger partial charge in [-0.05, 0) is 43.7 Å². The summed E-state index contributed by atoms with van der Waals surface area (Å²) in [7, 11) is -2.40. The Kier molecular flexibility index (Phi) is 5.08. The van der Waals surface area contributed by atoms with Gasteiger partial charge in [0, 0.05) is 18.7 Å². The first-order chi connectivity index (χ1) is 11.3. The molecule has 8 heteroatoms. The van der Waals surface area contributed by atoms with Gasteiger partial charge in [-0.1, -0.05) is 6.07 Å². The average Bonchev–Trinajstić information content (AvgIpc) is 2.56. The van der Waals surface area contributed by atoms with Crippen molar-refractivity contribution in [2.75, 3.05) is 18.0 Å². The lowest BCUT2D eigenvalue weighted by atomic mass is 10.2. The third-order valence-corrected chi connectivity index (χ3v) is 5.64. The number of anilines is 1. The molecule has 0 unspecified atom stereocenters. The summed E-state index contributed by atoms with van der Waals surface area (Å²) in [6.45, 7) is 3.50. The van der Waals surface area contributed by atoms with Gasteiger partial charge in [0.25, 0.3) is 15.7 Å². The van der Waals surface area contributed by atoms with Crippen molar-refractivity contribution in [3.8, 4) is 5.75 Å². The Labute approximate surface area is 140 Å². The molecule has 0 aliphatic rings. The van der Waals surface area contributed by atoms with Crippen LogP contribution in [-0.4, -0.2) is 27.0 Å². The van der Waals surface area contributed by atoms with E-state index in [2.05, 4.69) is 0 Å². The summed E-state index contributed by atoms with van der Waals surface area (Å²) in [6, 6.07) is 10.4. The maximum Gasteiger partial charge on any atom is 0.270 e. The zero-order valence-electron chi connectivity index (χ0n) is 13.6. The topological polar surface area (TPSA) is 89.8 Å². The Morgan fingerprint density at radius 3 is 2.29 bits per heavy atom. The largest absolute Gasteiger partial charge is 0.497 e. The van der Waals surface area contributed by atoms with Crippen LogP contribution in [0.2, 0.25) is 0 Å².